The molecule has 0 saturated heterocycles. The zero-order valence-corrected chi connectivity index (χ0v) is 8.56. The number of rotatable bonds is 3. The lowest BCUT2D eigenvalue weighted by Crippen LogP contribution is -2.19. The molecule has 2 aromatic rings. The molecule has 0 aliphatic carbocycles. The second-order valence-electron chi connectivity index (χ2n) is 3.79. The normalized spacial score (nSPS) is 12.9. The topological polar surface area (TPSA) is 46.2 Å². The summed E-state index contributed by atoms with van der Waals surface area (Å²) in [5, 5.41) is 11.5. The highest BCUT2D eigenvalue weighted by Gasteiger charge is 1.99. The lowest BCUT2D eigenvalue weighted by molar-refractivity contribution is 0.172. The van der Waals surface area contributed by atoms with E-state index in [1.54, 1.807) is 0 Å². The van der Waals surface area contributed by atoms with E-state index in [1.807, 2.05) is 12.1 Å². The van der Waals surface area contributed by atoms with Crippen molar-refractivity contribution in [2.24, 2.45) is 5.73 Å². The van der Waals surface area contributed by atoms with Gasteiger partial charge < -0.3 is 10.8 Å². The highest BCUT2D eigenvalue weighted by molar-refractivity contribution is 5.82. The molecule has 2 rings (SSSR count). The van der Waals surface area contributed by atoms with Gasteiger partial charge in [0.05, 0.1) is 0 Å². The van der Waals surface area contributed by atoms with Gasteiger partial charge in [-0.1, -0.05) is 42.5 Å². The number of hydrogen-bond donors (Lipinski definition) is 2. The fourth-order valence-electron chi connectivity index (χ4n) is 1.71. The fraction of sp³-hybridized carbons (Fsp3) is 0.231. The van der Waals surface area contributed by atoms with Crippen molar-refractivity contribution < 1.29 is 5.11 Å². The number of benzene rings is 2. The van der Waals surface area contributed by atoms with Gasteiger partial charge >= 0.3 is 0 Å². The summed E-state index contributed by atoms with van der Waals surface area (Å²) in [6, 6.07) is 14.6. The van der Waals surface area contributed by atoms with Crippen LogP contribution in [0.5, 0.6) is 0 Å². The van der Waals surface area contributed by atoms with Gasteiger partial charge in [0.25, 0.3) is 0 Å². The van der Waals surface area contributed by atoms with Gasteiger partial charge in [0.1, 0.15) is 6.23 Å². The second-order valence-corrected chi connectivity index (χ2v) is 3.79. The molecule has 1 atom stereocenters. The number of fused-ring (bicyclic) bond motifs is 1. The molecule has 2 aromatic carbocycles. The van der Waals surface area contributed by atoms with Gasteiger partial charge in [-0.05, 0) is 29.2 Å². The van der Waals surface area contributed by atoms with E-state index in [0.29, 0.717) is 6.42 Å². The number of aliphatic hydroxyl groups excluding tert-OH is 1. The maximum atomic E-state index is 9.00. The highest BCUT2D eigenvalue weighted by Crippen LogP contribution is 2.16. The van der Waals surface area contributed by atoms with Gasteiger partial charge in [0, 0.05) is 0 Å². The Hall–Kier alpha value is -1.38. The van der Waals surface area contributed by atoms with E-state index >= 15 is 0 Å². The Labute approximate surface area is 89.3 Å². The molecule has 15 heavy (non-hydrogen) atoms. The Kier molecular flexibility index (Phi) is 2.99. The summed E-state index contributed by atoms with van der Waals surface area (Å²) in [5.41, 5.74) is 6.53. The molecule has 0 fully saturated rings. The van der Waals surface area contributed by atoms with Crippen molar-refractivity contribution in [2.45, 2.75) is 19.1 Å². The predicted molar refractivity (Wildman–Crippen MR) is 62.5 cm³/mol. The summed E-state index contributed by atoms with van der Waals surface area (Å²) in [6.45, 7) is 0. The van der Waals surface area contributed by atoms with Crippen LogP contribution in [-0.4, -0.2) is 11.3 Å². The molecule has 78 valence electrons. The number of hydrogen-bond acceptors (Lipinski definition) is 2. The van der Waals surface area contributed by atoms with E-state index in [9.17, 15) is 0 Å². The smallest absolute Gasteiger partial charge is 0.102 e. The average molecular weight is 201 g/mol. The zero-order valence-electron chi connectivity index (χ0n) is 8.56. The lowest BCUT2D eigenvalue weighted by atomic mass is 10.0. The molecule has 0 unspecified atom stereocenters. The van der Waals surface area contributed by atoms with Crippen molar-refractivity contribution >= 4 is 10.8 Å². The van der Waals surface area contributed by atoms with E-state index in [2.05, 4.69) is 30.3 Å². The molecule has 0 saturated carbocycles. The summed E-state index contributed by atoms with van der Waals surface area (Å²) in [5.74, 6) is 0. The van der Waals surface area contributed by atoms with Gasteiger partial charge in [-0.15, -0.1) is 0 Å². The summed E-state index contributed by atoms with van der Waals surface area (Å²) in [4.78, 5) is 0. The van der Waals surface area contributed by atoms with Gasteiger partial charge in [0.2, 0.25) is 0 Å². The Morgan fingerprint density at radius 3 is 2.53 bits per heavy atom. The Bertz CT molecular complexity index is 451. The standard InChI is InChI=1S/C13H15NO/c14-13(15)8-6-10-5-7-11-3-1-2-4-12(11)9-10/h1-5,7,9,13,15H,6,8,14H2/t13-/m0/s1. The molecule has 0 aliphatic rings. The molecule has 0 aliphatic heterocycles. The monoisotopic (exact) mass is 201 g/mol. The first kappa shape index (κ1) is 10.1. The summed E-state index contributed by atoms with van der Waals surface area (Å²) >= 11 is 0. The molecular formula is C13H15NO. The molecule has 0 spiro atoms. The minimum atomic E-state index is -0.712. The summed E-state index contributed by atoms with van der Waals surface area (Å²) in [7, 11) is 0. The van der Waals surface area contributed by atoms with Gasteiger partial charge in [-0.2, -0.15) is 0 Å². The van der Waals surface area contributed by atoms with Crippen LogP contribution in [0.3, 0.4) is 0 Å². The summed E-state index contributed by atoms with van der Waals surface area (Å²) < 4.78 is 0. The van der Waals surface area contributed by atoms with Crippen molar-refractivity contribution in [3.63, 3.8) is 0 Å². The fourth-order valence-corrected chi connectivity index (χ4v) is 1.71. The van der Waals surface area contributed by atoms with Crippen LogP contribution >= 0.6 is 0 Å². The second kappa shape index (κ2) is 4.43. The SMILES string of the molecule is N[C@@H](O)CCc1ccc2ccccc2c1. The predicted octanol–water partition coefficient (Wildman–Crippen LogP) is 2.05. The molecule has 0 amide bonds. The van der Waals surface area contributed by atoms with Crippen LogP contribution in [0.25, 0.3) is 10.8 Å². The van der Waals surface area contributed by atoms with Gasteiger partial charge in [-0.25, -0.2) is 0 Å². The van der Waals surface area contributed by atoms with E-state index in [1.165, 1.54) is 16.3 Å². The quantitative estimate of drug-likeness (QED) is 0.746. The third-order valence-corrected chi connectivity index (χ3v) is 2.54. The van der Waals surface area contributed by atoms with Crippen LogP contribution < -0.4 is 5.73 Å². The first-order chi connectivity index (χ1) is 7.25. The van der Waals surface area contributed by atoms with Crippen LogP contribution in [0.15, 0.2) is 42.5 Å². The molecule has 0 bridgehead atoms. The Balaban J connectivity index is 2.23. The molecule has 0 radical (unpaired) electrons. The zero-order chi connectivity index (χ0) is 10.7. The van der Waals surface area contributed by atoms with E-state index in [-0.39, 0.29) is 0 Å². The molecule has 2 nitrogen and oxygen atoms in total. The third kappa shape index (κ3) is 2.55. The molecular weight excluding hydrogens is 186 g/mol. The highest BCUT2D eigenvalue weighted by atomic mass is 16.3. The largest absolute Gasteiger partial charge is 0.379 e. The van der Waals surface area contributed by atoms with Crippen molar-refractivity contribution in [3.05, 3.63) is 48.0 Å². The van der Waals surface area contributed by atoms with Gasteiger partial charge in [0.15, 0.2) is 0 Å². The number of aliphatic hydroxyl groups is 1. The number of aryl methyl sites for hydroxylation is 1. The van der Waals surface area contributed by atoms with E-state index in [0.717, 1.165) is 6.42 Å². The average Bonchev–Trinajstić information content (AvgIpc) is 2.26. The minimum Gasteiger partial charge on any atom is -0.379 e. The van der Waals surface area contributed by atoms with Crippen LogP contribution in [0.1, 0.15) is 12.0 Å². The molecule has 3 N–H and O–H groups in total. The van der Waals surface area contributed by atoms with Crippen LogP contribution in [0.4, 0.5) is 0 Å². The van der Waals surface area contributed by atoms with Crippen molar-refractivity contribution in [2.75, 3.05) is 0 Å². The van der Waals surface area contributed by atoms with Crippen molar-refractivity contribution in [1.29, 1.82) is 0 Å². The van der Waals surface area contributed by atoms with Crippen LogP contribution in [-0.2, 0) is 6.42 Å². The maximum absolute atomic E-state index is 9.00. The van der Waals surface area contributed by atoms with Crippen molar-refractivity contribution in [1.82, 2.24) is 0 Å². The van der Waals surface area contributed by atoms with Crippen LogP contribution in [0.2, 0.25) is 0 Å². The maximum Gasteiger partial charge on any atom is 0.102 e. The molecule has 0 aromatic heterocycles. The molecule has 2 heteroatoms. The van der Waals surface area contributed by atoms with Crippen LogP contribution in [0, 0.1) is 0 Å². The summed E-state index contributed by atoms with van der Waals surface area (Å²) in [6.07, 6.45) is 0.720. The van der Waals surface area contributed by atoms with E-state index in [4.69, 9.17) is 10.8 Å². The first-order valence-electron chi connectivity index (χ1n) is 5.17. The van der Waals surface area contributed by atoms with Crippen molar-refractivity contribution in [3.8, 4) is 0 Å². The Morgan fingerprint density at radius 1 is 1.07 bits per heavy atom. The van der Waals surface area contributed by atoms with Gasteiger partial charge in [-0.3, -0.25) is 0 Å². The third-order valence-electron chi connectivity index (χ3n) is 2.54. The molecule has 0 heterocycles. The minimum absolute atomic E-state index is 0.609. The lowest BCUT2D eigenvalue weighted by Gasteiger charge is -2.05. The Morgan fingerprint density at radius 2 is 1.80 bits per heavy atom. The number of nitrogens with two attached hydrogens (primary N) is 1. The first-order valence-corrected chi connectivity index (χ1v) is 5.17. The van der Waals surface area contributed by atoms with E-state index < -0.39 is 6.23 Å².